The van der Waals surface area contributed by atoms with Crippen molar-refractivity contribution in [2.24, 2.45) is 0 Å². The predicted molar refractivity (Wildman–Crippen MR) is 143 cm³/mol. The first kappa shape index (κ1) is 26.4. The number of carbonyl (C=O) groups is 4. The number of rotatable bonds is 11. The van der Waals surface area contributed by atoms with Gasteiger partial charge in [0.05, 0.1) is 42.7 Å². The summed E-state index contributed by atoms with van der Waals surface area (Å²) in [5.41, 5.74) is 2.85. The van der Waals surface area contributed by atoms with Crippen molar-refractivity contribution >= 4 is 57.4 Å². The Morgan fingerprint density at radius 2 is 1.66 bits per heavy atom. The van der Waals surface area contributed by atoms with E-state index in [2.05, 4.69) is 25.9 Å². The molecule has 38 heavy (non-hydrogen) atoms. The van der Waals surface area contributed by atoms with Gasteiger partial charge in [-0.1, -0.05) is 12.1 Å². The molecule has 4 aromatic rings. The summed E-state index contributed by atoms with van der Waals surface area (Å²) >= 11 is 1.35. The molecule has 194 valence electrons. The molecule has 2 aromatic heterocycles. The number of ketones is 1. The van der Waals surface area contributed by atoms with Crippen LogP contribution in [0.4, 0.5) is 11.5 Å². The number of thiophene rings is 1. The van der Waals surface area contributed by atoms with Crippen molar-refractivity contribution in [3.8, 4) is 0 Å². The standard InChI is InChI=1S/C27H25N5O5S/c1-16(33)23(13-26(35)36)32-25(34)12-19-10-11-20(38-19)14-29-27(37)17-6-8-18(9-7-17)30-24-15-28-21-4-2-3-5-22(21)31-24/h2-11,15,23H,12-14H2,1H3,(H,29,37)(H,30,31)(H,32,34)(H,35,36). The first-order valence-corrected chi connectivity index (χ1v) is 12.5. The van der Waals surface area contributed by atoms with Gasteiger partial charge in [0.15, 0.2) is 5.78 Å². The first-order chi connectivity index (χ1) is 18.3. The molecular weight excluding hydrogens is 506 g/mol. The van der Waals surface area contributed by atoms with Gasteiger partial charge >= 0.3 is 5.97 Å². The SMILES string of the molecule is CC(=O)C(CC(=O)O)NC(=O)Cc1ccc(CNC(=O)c2ccc(Nc3cnc4ccccc4n3)cc2)s1. The van der Waals surface area contributed by atoms with Gasteiger partial charge in [0.2, 0.25) is 5.91 Å². The molecule has 0 aliphatic carbocycles. The normalized spacial score (nSPS) is 11.5. The summed E-state index contributed by atoms with van der Waals surface area (Å²) in [6.07, 6.45) is 1.20. The van der Waals surface area contributed by atoms with Crippen LogP contribution in [-0.2, 0) is 27.3 Å². The molecule has 0 aliphatic heterocycles. The molecule has 2 heterocycles. The van der Waals surface area contributed by atoms with Crippen molar-refractivity contribution in [1.29, 1.82) is 0 Å². The van der Waals surface area contributed by atoms with E-state index in [1.807, 2.05) is 30.3 Å². The van der Waals surface area contributed by atoms with Crippen LogP contribution >= 0.6 is 11.3 Å². The maximum Gasteiger partial charge on any atom is 0.305 e. The Bertz CT molecular complexity index is 1480. The number of anilines is 2. The summed E-state index contributed by atoms with van der Waals surface area (Å²) in [4.78, 5) is 57.8. The maximum atomic E-state index is 12.6. The fourth-order valence-electron chi connectivity index (χ4n) is 3.63. The average Bonchev–Trinajstić information content (AvgIpc) is 3.34. The van der Waals surface area contributed by atoms with E-state index in [-0.39, 0.29) is 18.9 Å². The fraction of sp³-hybridized carbons (Fsp3) is 0.185. The van der Waals surface area contributed by atoms with E-state index in [0.29, 0.717) is 11.4 Å². The molecule has 4 N–H and O–H groups in total. The number of carbonyl (C=O) groups excluding carboxylic acids is 3. The Labute approximate surface area is 222 Å². The van der Waals surface area contributed by atoms with Crippen molar-refractivity contribution < 1.29 is 24.3 Å². The monoisotopic (exact) mass is 531 g/mol. The molecule has 11 heteroatoms. The Balaban J connectivity index is 1.27. The Hall–Kier alpha value is -4.64. The van der Waals surface area contributed by atoms with E-state index in [4.69, 9.17) is 5.11 Å². The van der Waals surface area contributed by atoms with Gasteiger partial charge < -0.3 is 21.1 Å². The Morgan fingerprint density at radius 1 is 0.947 bits per heavy atom. The molecule has 1 atom stereocenters. The molecule has 10 nitrogen and oxygen atoms in total. The largest absolute Gasteiger partial charge is 0.481 e. The van der Waals surface area contributed by atoms with Crippen molar-refractivity contribution in [1.82, 2.24) is 20.6 Å². The number of hydrogen-bond donors (Lipinski definition) is 4. The number of aliphatic carboxylic acids is 1. The van der Waals surface area contributed by atoms with E-state index in [1.165, 1.54) is 18.3 Å². The van der Waals surface area contributed by atoms with Crippen LogP contribution in [0.5, 0.6) is 0 Å². The number of fused-ring (bicyclic) bond motifs is 1. The number of nitrogens with one attached hydrogen (secondary N) is 3. The van der Waals surface area contributed by atoms with E-state index in [0.717, 1.165) is 26.5 Å². The number of aromatic nitrogens is 2. The summed E-state index contributed by atoms with van der Waals surface area (Å²) in [5.74, 6) is -1.66. The minimum absolute atomic E-state index is 0.0120. The fourth-order valence-corrected chi connectivity index (χ4v) is 4.58. The van der Waals surface area contributed by atoms with Crippen LogP contribution in [0.1, 0.15) is 33.5 Å². The molecular formula is C27H25N5O5S. The molecule has 0 saturated heterocycles. The number of Topliss-reactive ketones (excluding diaryl/α,β-unsaturated/α-hetero) is 1. The van der Waals surface area contributed by atoms with E-state index in [9.17, 15) is 19.2 Å². The van der Waals surface area contributed by atoms with Crippen LogP contribution in [-0.4, -0.2) is 44.7 Å². The molecule has 2 amide bonds. The van der Waals surface area contributed by atoms with Crippen molar-refractivity contribution in [2.75, 3.05) is 5.32 Å². The number of carboxylic acid groups (broad SMARTS) is 1. The summed E-state index contributed by atoms with van der Waals surface area (Å²) < 4.78 is 0. The lowest BCUT2D eigenvalue weighted by molar-refractivity contribution is -0.139. The molecule has 1 unspecified atom stereocenters. The van der Waals surface area contributed by atoms with Gasteiger partial charge in [-0.05, 0) is 55.5 Å². The van der Waals surface area contributed by atoms with Gasteiger partial charge in [0.1, 0.15) is 5.82 Å². The lowest BCUT2D eigenvalue weighted by atomic mass is 10.1. The van der Waals surface area contributed by atoms with E-state index < -0.39 is 30.1 Å². The second-order valence-electron chi connectivity index (χ2n) is 8.50. The highest BCUT2D eigenvalue weighted by Gasteiger charge is 2.20. The zero-order chi connectivity index (χ0) is 27.1. The van der Waals surface area contributed by atoms with E-state index >= 15 is 0 Å². The highest BCUT2D eigenvalue weighted by Crippen LogP contribution is 2.19. The number of benzene rings is 2. The van der Waals surface area contributed by atoms with Crippen LogP contribution in [0.15, 0.2) is 66.9 Å². The number of para-hydroxylation sites is 2. The number of hydrogen-bond acceptors (Lipinski definition) is 8. The van der Waals surface area contributed by atoms with Crippen molar-refractivity contribution in [2.45, 2.75) is 32.4 Å². The minimum Gasteiger partial charge on any atom is -0.481 e. The summed E-state index contributed by atoms with van der Waals surface area (Å²) in [6.45, 7) is 1.52. The zero-order valence-corrected chi connectivity index (χ0v) is 21.2. The van der Waals surface area contributed by atoms with Crippen molar-refractivity contribution in [3.05, 3.63) is 82.2 Å². The predicted octanol–water partition coefficient (Wildman–Crippen LogP) is 3.46. The topological polar surface area (TPSA) is 150 Å². The molecule has 0 spiro atoms. The van der Waals surface area contributed by atoms with Crippen molar-refractivity contribution in [3.63, 3.8) is 0 Å². The minimum atomic E-state index is -1.16. The summed E-state index contributed by atoms with van der Waals surface area (Å²) in [5, 5.41) is 17.4. The highest BCUT2D eigenvalue weighted by molar-refractivity contribution is 7.12. The lowest BCUT2D eigenvalue weighted by Crippen LogP contribution is -2.41. The summed E-state index contributed by atoms with van der Waals surface area (Å²) in [6, 6.07) is 17.1. The molecule has 4 rings (SSSR count). The third-order valence-electron chi connectivity index (χ3n) is 5.55. The average molecular weight is 532 g/mol. The van der Waals surface area contributed by atoms with Crippen LogP contribution in [0.2, 0.25) is 0 Å². The Morgan fingerprint density at radius 3 is 2.37 bits per heavy atom. The second-order valence-corrected chi connectivity index (χ2v) is 9.76. The third-order valence-corrected chi connectivity index (χ3v) is 6.63. The second kappa shape index (κ2) is 12.1. The molecule has 2 aromatic carbocycles. The molecule has 0 aliphatic rings. The zero-order valence-electron chi connectivity index (χ0n) is 20.4. The maximum absolute atomic E-state index is 12.6. The molecule has 0 bridgehead atoms. The highest BCUT2D eigenvalue weighted by atomic mass is 32.1. The van der Waals surface area contributed by atoms with Gasteiger partial charge in [-0.15, -0.1) is 11.3 Å². The van der Waals surface area contributed by atoms with Crippen LogP contribution in [0.3, 0.4) is 0 Å². The van der Waals surface area contributed by atoms with E-state index in [1.54, 1.807) is 36.5 Å². The van der Waals surface area contributed by atoms with Crippen LogP contribution in [0.25, 0.3) is 11.0 Å². The van der Waals surface area contributed by atoms with Crippen LogP contribution < -0.4 is 16.0 Å². The van der Waals surface area contributed by atoms with Gasteiger partial charge in [0.25, 0.3) is 5.91 Å². The molecule has 0 fully saturated rings. The number of nitrogens with zero attached hydrogens (tertiary/aromatic N) is 2. The molecule has 0 radical (unpaired) electrons. The number of carboxylic acids is 1. The third kappa shape index (κ3) is 7.20. The quantitative estimate of drug-likeness (QED) is 0.230. The van der Waals surface area contributed by atoms with Crippen LogP contribution in [0, 0.1) is 0 Å². The molecule has 0 saturated carbocycles. The number of amides is 2. The van der Waals surface area contributed by atoms with Gasteiger partial charge in [0, 0.05) is 21.0 Å². The van der Waals surface area contributed by atoms with Gasteiger partial charge in [-0.25, -0.2) is 4.98 Å². The van der Waals surface area contributed by atoms with Gasteiger partial charge in [-0.3, -0.25) is 24.2 Å². The Kier molecular flexibility index (Phi) is 8.39. The summed E-state index contributed by atoms with van der Waals surface area (Å²) in [7, 11) is 0. The lowest BCUT2D eigenvalue weighted by Gasteiger charge is -2.13. The smallest absolute Gasteiger partial charge is 0.305 e. The first-order valence-electron chi connectivity index (χ1n) is 11.7. The van der Waals surface area contributed by atoms with Gasteiger partial charge in [-0.2, -0.15) is 0 Å².